The first kappa shape index (κ1) is 18.9. The van der Waals surface area contributed by atoms with Gasteiger partial charge in [0.15, 0.2) is 16.8 Å². The summed E-state index contributed by atoms with van der Waals surface area (Å²) < 4.78 is 0. The van der Waals surface area contributed by atoms with Gasteiger partial charge < -0.3 is 0 Å². The third-order valence-corrected chi connectivity index (χ3v) is 4.81. The number of para-hydroxylation sites is 2. The van der Waals surface area contributed by atoms with Crippen LogP contribution in [0, 0.1) is 5.92 Å². The molecule has 2 aromatic carbocycles. The number of unbranched alkanes of at least 4 members (excludes halogenated alkanes) is 1. The van der Waals surface area contributed by atoms with Crippen molar-refractivity contribution in [3.8, 4) is 0 Å². The highest BCUT2D eigenvalue weighted by atomic mass is 32.1. The first-order valence-corrected chi connectivity index (χ1v) is 9.31. The number of rotatable bonds is 6. The molecule has 0 unspecified atom stereocenters. The summed E-state index contributed by atoms with van der Waals surface area (Å²) in [5.41, 5.74) is 1.07. The molecule has 1 aliphatic rings. The van der Waals surface area contributed by atoms with Crippen LogP contribution in [0.1, 0.15) is 26.2 Å². The second-order valence-electron chi connectivity index (χ2n) is 6.30. The predicted molar refractivity (Wildman–Crippen MR) is 108 cm³/mol. The monoisotopic (exact) mass is 380 g/mol. The Morgan fingerprint density at radius 2 is 1.33 bits per heavy atom. The lowest BCUT2D eigenvalue weighted by Gasteiger charge is -2.38. The fraction of sp³-hybridized carbons (Fsp3) is 0.238. The normalized spacial score (nSPS) is 15.4. The zero-order chi connectivity index (χ0) is 19.4. The standard InChI is InChI=1S/C21H20N2O3S/c1-2-3-14-17(24)18-19(25)22(15-10-6-4-7-11-15)21(27)23(20(18)26)16-12-8-5-9-13-16/h4-13,18H,2-3,14H2,1H3. The molecule has 5 nitrogen and oxygen atoms in total. The Morgan fingerprint density at radius 3 is 1.74 bits per heavy atom. The van der Waals surface area contributed by atoms with Crippen molar-refractivity contribution in [1.82, 2.24) is 0 Å². The van der Waals surface area contributed by atoms with Gasteiger partial charge >= 0.3 is 0 Å². The average molecular weight is 380 g/mol. The summed E-state index contributed by atoms with van der Waals surface area (Å²) in [7, 11) is 0. The number of thiocarbonyl (C=S) groups is 1. The molecule has 2 aromatic rings. The Balaban J connectivity index is 2.07. The van der Waals surface area contributed by atoms with Gasteiger partial charge in [-0.3, -0.25) is 24.2 Å². The van der Waals surface area contributed by atoms with Crippen LogP contribution in [0.2, 0.25) is 0 Å². The van der Waals surface area contributed by atoms with E-state index in [1.807, 2.05) is 19.1 Å². The van der Waals surface area contributed by atoms with Crippen LogP contribution in [0.4, 0.5) is 11.4 Å². The Bertz CT molecular complexity index is 806. The minimum absolute atomic E-state index is 0.0574. The lowest BCUT2D eigenvalue weighted by atomic mass is 9.94. The number of carbonyl (C=O) groups is 3. The molecular formula is C21H20N2O3S. The summed E-state index contributed by atoms with van der Waals surface area (Å²) in [6.07, 6.45) is 1.64. The third kappa shape index (κ3) is 3.66. The summed E-state index contributed by atoms with van der Waals surface area (Å²) >= 11 is 5.49. The molecule has 1 aliphatic heterocycles. The van der Waals surface area contributed by atoms with Gasteiger partial charge in [0, 0.05) is 6.42 Å². The van der Waals surface area contributed by atoms with Crippen molar-refractivity contribution in [2.75, 3.05) is 9.80 Å². The van der Waals surface area contributed by atoms with Gasteiger partial charge in [-0.2, -0.15) is 0 Å². The van der Waals surface area contributed by atoms with E-state index in [-0.39, 0.29) is 17.3 Å². The molecular weight excluding hydrogens is 360 g/mol. The molecule has 2 amide bonds. The van der Waals surface area contributed by atoms with E-state index in [2.05, 4.69) is 0 Å². The van der Waals surface area contributed by atoms with Crippen LogP contribution in [0.25, 0.3) is 0 Å². The van der Waals surface area contributed by atoms with Crippen LogP contribution in [0.15, 0.2) is 60.7 Å². The summed E-state index contributed by atoms with van der Waals surface area (Å²) in [4.78, 5) is 41.5. The Morgan fingerprint density at radius 1 is 0.889 bits per heavy atom. The molecule has 1 saturated heterocycles. The lowest BCUT2D eigenvalue weighted by Crippen LogP contribution is -2.62. The van der Waals surface area contributed by atoms with Gasteiger partial charge in [0.25, 0.3) is 11.8 Å². The smallest absolute Gasteiger partial charge is 0.253 e. The number of carbonyl (C=O) groups excluding carboxylic acids is 3. The van der Waals surface area contributed by atoms with Crippen LogP contribution in [0.5, 0.6) is 0 Å². The molecule has 0 radical (unpaired) electrons. The first-order chi connectivity index (χ1) is 13.1. The average Bonchev–Trinajstić information content (AvgIpc) is 2.68. The molecule has 27 heavy (non-hydrogen) atoms. The molecule has 0 N–H and O–H groups in total. The van der Waals surface area contributed by atoms with Gasteiger partial charge in [0.1, 0.15) is 0 Å². The number of hydrogen-bond acceptors (Lipinski definition) is 4. The zero-order valence-corrected chi connectivity index (χ0v) is 15.8. The van der Waals surface area contributed by atoms with Crippen molar-refractivity contribution in [1.29, 1.82) is 0 Å². The van der Waals surface area contributed by atoms with Gasteiger partial charge in [-0.05, 0) is 42.9 Å². The van der Waals surface area contributed by atoms with E-state index >= 15 is 0 Å². The van der Waals surface area contributed by atoms with Crippen molar-refractivity contribution in [2.45, 2.75) is 26.2 Å². The van der Waals surface area contributed by atoms with Crippen molar-refractivity contribution in [3.63, 3.8) is 0 Å². The largest absolute Gasteiger partial charge is 0.298 e. The van der Waals surface area contributed by atoms with Gasteiger partial charge in [0.2, 0.25) is 0 Å². The summed E-state index contributed by atoms with van der Waals surface area (Å²) in [5, 5.41) is 0.0574. The van der Waals surface area contributed by atoms with Gasteiger partial charge in [-0.1, -0.05) is 49.7 Å². The molecule has 1 fully saturated rings. The van der Waals surface area contributed by atoms with Crippen LogP contribution in [-0.2, 0) is 14.4 Å². The minimum atomic E-state index is -1.37. The van der Waals surface area contributed by atoms with E-state index in [4.69, 9.17) is 12.2 Å². The number of nitrogens with zero attached hydrogens (tertiary/aromatic N) is 2. The number of ketones is 1. The SMILES string of the molecule is CCCCC(=O)C1C(=O)N(c2ccccc2)C(=S)N(c2ccccc2)C1=O. The molecule has 0 bridgehead atoms. The highest BCUT2D eigenvalue weighted by Gasteiger charge is 2.48. The van der Waals surface area contributed by atoms with Gasteiger partial charge in [-0.25, -0.2) is 0 Å². The molecule has 1 heterocycles. The van der Waals surface area contributed by atoms with E-state index < -0.39 is 17.7 Å². The summed E-state index contributed by atoms with van der Waals surface area (Å²) in [5.74, 6) is -2.89. The molecule has 3 rings (SSSR count). The van der Waals surface area contributed by atoms with E-state index in [0.29, 0.717) is 17.8 Å². The number of amides is 2. The second kappa shape index (κ2) is 8.22. The van der Waals surface area contributed by atoms with Crippen LogP contribution in [-0.4, -0.2) is 22.7 Å². The molecule has 138 valence electrons. The number of benzene rings is 2. The van der Waals surface area contributed by atoms with Crippen molar-refractivity contribution in [3.05, 3.63) is 60.7 Å². The molecule has 0 aromatic heterocycles. The zero-order valence-electron chi connectivity index (χ0n) is 15.0. The Kier molecular flexibility index (Phi) is 5.76. The van der Waals surface area contributed by atoms with Crippen LogP contribution >= 0.6 is 12.2 Å². The lowest BCUT2D eigenvalue weighted by molar-refractivity contribution is -0.139. The molecule has 6 heteroatoms. The topological polar surface area (TPSA) is 57.7 Å². The highest BCUT2D eigenvalue weighted by molar-refractivity contribution is 7.81. The second-order valence-corrected chi connectivity index (χ2v) is 6.67. The summed E-state index contributed by atoms with van der Waals surface area (Å²) in [6.45, 7) is 1.96. The maximum absolute atomic E-state index is 13.1. The van der Waals surface area contributed by atoms with Gasteiger partial charge in [-0.15, -0.1) is 0 Å². The van der Waals surface area contributed by atoms with Crippen molar-refractivity contribution in [2.24, 2.45) is 5.92 Å². The van der Waals surface area contributed by atoms with E-state index in [0.717, 1.165) is 6.42 Å². The predicted octanol–water partition coefficient (Wildman–Crippen LogP) is 3.73. The maximum Gasteiger partial charge on any atom is 0.253 e. The van der Waals surface area contributed by atoms with Crippen LogP contribution < -0.4 is 9.80 Å². The fourth-order valence-corrected chi connectivity index (χ4v) is 3.44. The van der Waals surface area contributed by atoms with E-state index in [1.54, 1.807) is 48.5 Å². The molecule has 0 aliphatic carbocycles. The fourth-order valence-electron chi connectivity index (χ4n) is 3.05. The maximum atomic E-state index is 13.1. The summed E-state index contributed by atoms with van der Waals surface area (Å²) in [6, 6.07) is 17.7. The third-order valence-electron chi connectivity index (χ3n) is 4.44. The van der Waals surface area contributed by atoms with E-state index in [1.165, 1.54) is 9.80 Å². The number of anilines is 2. The van der Waals surface area contributed by atoms with Crippen LogP contribution in [0.3, 0.4) is 0 Å². The molecule has 0 saturated carbocycles. The molecule has 0 atom stereocenters. The minimum Gasteiger partial charge on any atom is -0.298 e. The highest BCUT2D eigenvalue weighted by Crippen LogP contribution is 2.30. The van der Waals surface area contributed by atoms with Crippen molar-refractivity contribution >= 4 is 46.3 Å². The Labute approximate surface area is 163 Å². The van der Waals surface area contributed by atoms with E-state index in [9.17, 15) is 14.4 Å². The molecule has 0 spiro atoms. The number of hydrogen-bond donors (Lipinski definition) is 0. The van der Waals surface area contributed by atoms with Crippen molar-refractivity contribution < 1.29 is 14.4 Å². The Hall–Kier alpha value is -2.86. The first-order valence-electron chi connectivity index (χ1n) is 8.91. The quantitative estimate of drug-likeness (QED) is 0.566. The van der Waals surface area contributed by atoms with Gasteiger partial charge in [0.05, 0.1) is 11.4 Å². The number of Topliss-reactive ketones (excluding diaryl/α,β-unsaturated/α-hetero) is 1.